The van der Waals surface area contributed by atoms with Crippen LogP contribution < -0.4 is 10.6 Å². The number of nitrogens with two attached hydrogens (primary N) is 1. The van der Waals surface area contributed by atoms with E-state index < -0.39 is 5.91 Å². The number of hydrogen-bond acceptors (Lipinski definition) is 5. The van der Waals surface area contributed by atoms with Crippen molar-refractivity contribution < 1.29 is 4.79 Å². The van der Waals surface area contributed by atoms with Crippen molar-refractivity contribution in [3.8, 4) is 11.3 Å². The molecule has 0 saturated heterocycles. The van der Waals surface area contributed by atoms with Crippen LogP contribution in [0.25, 0.3) is 17.0 Å². The number of nitrogens with zero attached hydrogens (tertiary/aromatic N) is 5. The van der Waals surface area contributed by atoms with E-state index in [1.807, 2.05) is 43.3 Å². The van der Waals surface area contributed by atoms with Crippen molar-refractivity contribution >= 4 is 29.0 Å². The van der Waals surface area contributed by atoms with Gasteiger partial charge in [-0.3, -0.25) is 4.79 Å². The van der Waals surface area contributed by atoms with Crippen molar-refractivity contribution in [3.63, 3.8) is 0 Å². The Bertz CT molecular complexity index is 900. The Morgan fingerprint density at radius 1 is 1.22 bits per heavy atom. The summed E-state index contributed by atoms with van der Waals surface area (Å²) >= 11 is 5.89. The molecule has 23 heavy (non-hydrogen) atoms. The number of anilines is 1. The number of amides is 1. The van der Waals surface area contributed by atoms with Crippen molar-refractivity contribution in [2.75, 3.05) is 19.0 Å². The zero-order valence-electron chi connectivity index (χ0n) is 12.9. The first-order valence-corrected chi connectivity index (χ1v) is 7.26. The maximum absolute atomic E-state index is 11.9. The summed E-state index contributed by atoms with van der Waals surface area (Å²) in [5, 5.41) is 4.18. The number of benzene rings is 1. The fraction of sp³-hybridized carbons (Fsp3) is 0.200. The Morgan fingerprint density at radius 3 is 2.43 bits per heavy atom. The summed E-state index contributed by atoms with van der Waals surface area (Å²) in [4.78, 5) is 22.2. The van der Waals surface area contributed by atoms with Gasteiger partial charge in [0.2, 0.25) is 5.28 Å². The summed E-state index contributed by atoms with van der Waals surface area (Å²) in [6.07, 6.45) is 0. The number of halogens is 1. The van der Waals surface area contributed by atoms with Gasteiger partial charge >= 0.3 is 0 Å². The van der Waals surface area contributed by atoms with Crippen LogP contribution in [0.1, 0.15) is 16.1 Å². The first-order chi connectivity index (χ1) is 10.9. The number of aromatic nitrogens is 4. The molecule has 3 rings (SSSR count). The molecule has 2 N–H and O–H groups in total. The quantitative estimate of drug-likeness (QED) is 0.792. The second-order valence-corrected chi connectivity index (χ2v) is 5.66. The van der Waals surface area contributed by atoms with Crippen LogP contribution in [0.3, 0.4) is 0 Å². The van der Waals surface area contributed by atoms with Crippen molar-refractivity contribution in [2.45, 2.75) is 6.92 Å². The fourth-order valence-corrected chi connectivity index (χ4v) is 2.62. The third kappa shape index (κ3) is 2.59. The zero-order valence-corrected chi connectivity index (χ0v) is 13.7. The Kier molecular flexibility index (Phi) is 3.65. The highest BCUT2D eigenvalue weighted by Gasteiger charge is 2.21. The summed E-state index contributed by atoms with van der Waals surface area (Å²) in [5.74, 6) is -0.251. The highest BCUT2D eigenvalue weighted by molar-refractivity contribution is 6.28. The molecule has 0 saturated carbocycles. The van der Waals surface area contributed by atoms with Gasteiger partial charge in [0.25, 0.3) is 11.7 Å². The Morgan fingerprint density at radius 2 is 1.87 bits per heavy atom. The highest BCUT2D eigenvalue weighted by atomic mass is 35.5. The lowest BCUT2D eigenvalue weighted by Crippen LogP contribution is -2.18. The van der Waals surface area contributed by atoms with E-state index in [0.717, 1.165) is 11.3 Å². The van der Waals surface area contributed by atoms with Gasteiger partial charge in [0.15, 0.2) is 0 Å². The van der Waals surface area contributed by atoms with Gasteiger partial charge in [-0.2, -0.15) is 9.50 Å². The van der Waals surface area contributed by atoms with E-state index in [4.69, 9.17) is 17.3 Å². The van der Waals surface area contributed by atoms with E-state index in [1.165, 1.54) is 4.52 Å². The highest BCUT2D eigenvalue weighted by Crippen LogP contribution is 2.28. The number of fused-ring (bicyclic) bond motifs is 1. The van der Waals surface area contributed by atoms with Crippen LogP contribution in [0.2, 0.25) is 5.28 Å². The van der Waals surface area contributed by atoms with Crippen LogP contribution in [-0.2, 0) is 0 Å². The lowest BCUT2D eigenvalue weighted by Gasteiger charge is -2.14. The Labute approximate surface area is 137 Å². The summed E-state index contributed by atoms with van der Waals surface area (Å²) < 4.78 is 1.44. The van der Waals surface area contributed by atoms with E-state index in [2.05, 4.69) is 15.1 Å². The number of hydrogen-bond donors (Lipinski definition) is 1. The van der Waals surface area contributed by atoms with E-state index in [1.54, 1.807) is 6.92 Å². The molecule has 8 heteroatoms. The molecule has 0 aliphatic carbocycles. The standard InChI is InChI=1S/C15H15ClN6O/c1-8-11(13(17)23)12(22-15(18-8)19-14(16)20-22)9-4-6-10(7-5-9)21(2)3/h4-7H,1-3H3,(H2,17,23). The number of carbonyl (C=O) groups excluding carboxylic acids is 1. The SMILES string of the molecule is Cc1nc2nc(Cl)nn2c(-c2ccc(N(C)C)cc2)c1C(N)=O. The third-order valence-corrected chi connectivity index (χ3v) is 3.71. The van der Waals surface area contributed by atoms with Crippen LogP contribution in [0.4, 0.5) is 5.69 Å². The third-order valence-electron chi connectivity index (χ3n) is 3.55. The minimum absolute atomic E-state index is 0.0599. The lowest BCUT2D eigenvalue weighted by molar-refractivity contribution is 0.0999. The predicted octanol–water partition coefficient (Wildman–Crippen LogP) is 1.92. The molecule has 0 radical (unpaired) electrons. The smallest absolute Gasteiger partial charge is 0.254 e. The van der Waals surface area contributed by atoms with E-state index in [0.29, 0.717) is 22.7 Å². The van der Waals surface area contributed by atoms with Crippen LogP contribution in [0.15, 0.2) is 24.3 Å². The number of aryl methyl sites for hydroxylation is 1. The minimum atomic E-state index is -0.574. The summed E-state index contributed by atoms with van der Waals surface area (Å²) in [7, 11) is 3.91. The second kappa shape index (κ2) is 5.51. The van der Waals surface area contributed by atoms with E-state index in [9.17, 15) is 4.79 Å². The summed E-state index contributed by atoms with van der Waals surface area (Å²) in [6.45, 7) is 1.71. The number of primary amides is 1. The molecule has 0 unspecified atom stereocenters. The van der Waals surface area contributed by atoms with Crippen molar-refractivity contribution in [1.82, 2.24) is 19.6 Å². The molecule has 2 aromatic heterocycles. The van der Waals surface area contributed by atoms with E-state index >= 15 is 0 Å². The number of carbonyl (C=O) groups is 1. The Hall–Kier alpha value is -2.67. The zero-order chi connectivity index (χ0) is 16.7. The first kappa shape index (κ1) is 15.2. The topological polar surface area (TPSA) is 89.4 Å². The molecule has 0 fully saturated rings. The molecule has 3 aromatic rings. The molecule has 0 aliphatic rings. The first-order valence-electron chi connectivity index (χ1n) is 6.89. The van der Waals surface area contributed by atoms with Crippen LogP contribution >= 0.6 is 11.6 Å². The molecule has 1 amide bonds. The molecule has 7 nitrogen and oxygen atoms in total. The van der Waals surface area contributed by atoms with Gasteiger partial charge in [-0.05, 0) is 30.7 Å². The normalized spacial score (nSPS) is 11.0. The van der Waals surface area contributed by atoms with Gasteiger partial charge in [0.1, 0.15) is 0 Å². The molecule has 1 aromatic carbocycles. The molecule has 0 atom stereocenters. The summed E-state index contributed by atoms with van der Waals surface area (Å²) in [5.41, 5.74) is 8.68. The van der Waals surface area contributed by atoms with E-state index in [-0.39, 0.29) is 5.28 Å². The fourth-order valence-electron chi connectivity index (χ4n) is 2.46. The molecule has 118 valence electrons. The van der Waals surface area contributed by atoms with Crippen molar-refractivity contribution in [3.05, 3.63) is 40.8 Å². The van der Waals surface area contributed by atoms with Gasteiger partial charge in [0, 0.05) is 25.3 Å². The molecule has 0 spiro atoms. The minimum Gasteiger partial charge on any atom is -0.378 e. The second-order valence-electron chi connectivity index (χ2n) is 5.32. The van der Waals surface area contributed by atoms with Gasteiger partial charge < -0.3 is 10.6 Å². The largest absolute Gasteiger partial charge is 0.378 e. The molecule has 0 bridgehead atoms. The average Bonchev–Trinajstić information content (AvgIpc) is 2.85. The molecule has 2 heterocycles. The summed E-state index contributed by atoms with van der Waals surface area (Å²) in [6, 6.07) is 7.68. The van der Waals surface area contributed by atoms with Crippen LogP contribution in [0.5, 0.6) is 0 Å². The molecular weight excluding hydrogens is 316 g/mol. The van der Waals surface area contributed by atoms with Crippen molar-refractivity contribution in [1.29, 1.82) is 0 Å². The van der Waals surface area contributed by atoms with Crippen LogP contribution in [-0.4, -0.2) is 39.6 Å². The maximum atomic E-state index is 11.9. The predicted molar refractivity (Wildman–Crippen MR) is 88.8 cm³/mol. The lowest BCUT2D eigenvalue weighted by atomic mass is 10.0. The Balaban J connectivity index is 2.33. The molecular formula is C15H15ClN6O. The van der Waals surface area contributed by atoms with Crippen LogP contribution in [0, 0.1) is 6.92 Å². The number of rotatable bonds is 3. The van der Waals surface area contributed by atoms with Gasteiger partial charge in [-0.25, -0.2) is 4.98 Å². The maximum Gasteiger partial charge on any atom is 0.254 e. The van der Waals surface area contributed by atoms with Gasteiger partial charge in [-0.15, -0.1) is 5.10 Å². The van der Waals surface area contributed by atoms with Gasteiger partial charge in [0.05, 0.1) is 17.0 Å². The molecule has 0 aliphatic heterocycles. The average molecular weight is 331 g/mol. The van der Waals surface area contributed by atoms with Gasteiger partial charge in [-0.1, -0.05) is 12.1 Å². The monoisotopic (exact) mass is 330 g/mol. The van der Waals surface area contributed by atoms with Crippen molar-refractivity contribution in [2.24, 2.45) is 5.73 Å².